The second-order valence-electron chi connectivity index (χ2n) is 2.99. The average molecular weight is 285 g/mol. The van der Waals surface area contributed by atoms with E-state index in [2.05, 4.69) is 5.32 Å². The molecule has 2 amide bonds. The fraction of sp³-hybridized carbons (Fsp3) is 0.222. The van der Waals surface area contributed by atoms with Gasteiger partial charge < -0.3 is 16.8 Å². The number of primary amides is 1. The second kappa shape index (κ2) is 6.81. The van der Waals surface area contributed by atoms with Gasteiger partial charge in [0.1, 0.15) is 0 Å². The minimum atomic E-state index is -0.622. The lowest BCUT2D eigenvalue weighted by Gasteiger charge is -2.14. The van der Waals surface area contributed by atoms with E-state index < -0.39 is 12.1 Å². The highest BCUT2D eigenvalue weighted by Gasteiger charge is 2.12. The summed E-state index contributed by atoms with van der Waals surface area (Å²) in [6.45, 7) is 0.218. The van der Waals surface area contributed by atoms with E-state index in [0.717, 1.165) is 0 Å². The summed E-state index contributed by atoms with van der Waals surface area (Å²) in [7, 11) is 0. The van der Waals surface area contributed by atoms with Crippen molar-refractivity contribution in [1.82, 2.24) is 5.32 Å². The number of halogens is 3. The molecule has 4 nitrogen and oxygen atoms in total. The summed E-state index contributed by atoms with van der Waals surface area (Å²) >= 11 is 11.8. The Kier molecular flexibility index (Phi) is 6.52. The number of carbonyl (C=O) groups is 1. The number of nitrogens with one attached hydrogen (secondary N) is 1. The van der Waals surface area contributed by atoms with Crippen LogP contribution >= 0.6 is 35.6 Å². The zero-order chi connectivity index (χ0) is 11.4. The first-order valence-electron chi connectivity index (χ1n) is 4.25. The minimum Gasteiger partial charge on any atom is -0.352 e. The molecule has 0 saturated heterocycles. The van der Waals surface area contributed by atoms with Gasteiger partial charge >= 0.3 is 6.03 Å². The molecule has 0 heterocycles. The molecule has 7 heteroatoms. The number of urea groups is 1. The minimum absolute atomic E-state index is 0. The first-order valence-corrected chi connectivity index (χ1v) is 5.00. The molecule has 0 fully saturated rings. The van der Waals surface area contributed by atoms with Crippen molar-refractivity contribution in [2.75, 3.05) is 6.54 Å². The molecule has 1 unspecified atom stereocenters. The monoisotopic (exact) mass is 283 g/mol. The molecule has 0 aliphatic rings. The zero-order valence-electron chi connectivity index (χ0n) is 8.24. The summed E-state index contributed by atoms with van der Waals surface area (Å²) in [5, 5.41) is 3.24. The predicted octanol–water partition coefficient (Wildman–Crippen LogP) is 2.08. The van der Waals surface area contributed by atoms with Crippen LogP contribution in [0.3, 0.4) is 0 Å². The van der Waals surface area contributed by atoms with Crippen LogP contribution in [0.4, 0.5) is 4.79 Å². The Bertz CT molecular complexity index is 373. The van der Waals surface area contributed by atoms with E-state index in [1.54, 1.807) is 18.2 Å². The van der Waals surface area contributed by atoms with Crippen LogP contribution < -0.4 is 16.8 Å². The van der Waals surface area contributed by atoms with Crippen molar-refractivity contribution in [3.8, 4) is 0 Å². The van der Waals surface area contributed by atoms with Gasteiger partial charge in [-0.3, -0.25) is 0 Å². The van der Waals surface area contributed by atoms with E-state index in [9.17, 15) is 4.79 Å². The lowest BCUT2D eigenvalue weighted by molar-refractivity contribution is 0.248. The summed E-state index contributed by atoms with van der Waals surface area (Å²) in [5.41, 5.74) is 11.4. The number of nitrogens with two attached hydrogens (primary N) is 2. The Morgan fingerprint density at radius 2 is 2.06 bits per heavy atom. The third-order valence-electron chi connectivity index (χ3n) is 1.88. The smallest absolute Gasteiger partial charge is 0.312 e. The molecule has 90 valence electrons. The van der Waals surface area contributed by atoms with Gasteiger partial charge in [0.15, 0.2) is 0 Å². The van der Waals surface area contributed by atoms with Crippen LogP contribution in [0.25, 0.3) is 0 Å². The lowest BCUT2D eigenvalue weighted by atomic mass is 10.1. The van der Waals surface area contributed by atoms with Gasteiger partial charge in [0, 0.05) is 12.6 Å². The van der Waals surface area contributed by atoms with E-state index in [1.807, 2.05) is 0 Å². The van der Waals surface area contributed by atoms with Crippen molar-refractivity contribution in [2.24, 2.45) is 11.5 Å². The van der Waals surface area contributed by atoms with Crippen molar-refractivity contribution >= 4 is 41.6 Å². The summed E-state index contributed by atoms with van der Waals surface area (Å²) < 4.78 is 0. The fourth-order valence-corrected chi connectivity index (χ4v) is 1.58. The predicted molar refractivity (Wildman–Crippen MR) is 68.2 cm³/mol. The van der Waals surface area contributed by atoms with Crippen LogP contribution in [-0.2, 0) is 0 Å². The third kappa shape index (κ3) is 4.06. The van der Waals surface area contributed by atoms with Crippen molar-refractivity contribution in [1.29, 1.82) is 0 Å². The Balaban J connectivity index is 0.00000225. The second-order valence-corrected chi connectivity index (χ2v) is 3.78. The molecule has 0 bridgehead atoms. The zero-order valence-corrected chi connectivity index (χ0v) is 10.6. The van der Waals surface area contributed by atoms with Gasteiger partial charge in [0.25, 0.3) is 0 Å². The fourth-order valence-electron chi connectivity index (χ4n) is 1.13. The maximum absolute atomic E-state index is 10.5. The van der Waals surface area contributed by atoms with Gasteiger partial charge in [-0.05, 0) is 11.6 Å². The molecule has 1 aromatic rings. The largest absolute Gasteiger partial charge is 0.352 e. The molecule has 0 aromatic heterocycles. The SMILES string of the molecule is Cl.NC(=O)NCC(N)c1cccc(Cl)c1Cl. The quantitative estimate of drug-likeness (QED) is 0.794. The molecule has 1 aromatic carbocycles. The van der Waals surface area contributed by atoms with Gasteiger partial charge in [0.05, 0.1) is 10.0 Å². The molecule has 1 atom stereocenters. The van der Waals surface area contributed by atoms with Gasteiger partial charge in [-0.1, -0.05) is 35.3 Å². The van der Waals surface area contributed by atoms with Gasteiger partial charge in [-0.15, -0.1) is 12.4 Å². The Morgan fingerprint density at radius 1 is 1.44 bits per heavy atom. The highest BCUT2D eigenvalue weighted by molar-refractivity contribution is 6.42. The number of hydrogen-bond donors (Lipinski definition) is 3. The number of hydrogen-bond acceptors (Lipinski definition) is 2. The van der Waals surface area contributed by atoms with Crippen LogP contribution in [0.1, 0.15) is 11.6 Å². The van der Waals surface area contributed by atoms with Crippen LogP contribution in [-0.4, -0.2) is 12.6 Å². The first kappa shape index (κ1) is 15.3. The first-order chi connectivity index (χ1) is 7.02. The van der Waals surface area contributed by atoms with Crippen molar-refractivity contribution < 1.29 is 4.79 Å². The number of benzene rings is 1. The molecule has 0 radical (unpaired) electrons. The van der Waals surface area contributed by atoms with Crippen LogP contribution in [0.15, 0.2) is 18.2 Å². The molecule has 0 spiro atoms. The van der Waals surface area contributed by atoms with Crippen LogP contribution in [0, 0.1) is 0 Å². The number of amides is 2. The molecule has 0 aliphatic heterocycles. The Labute approximate surface area is 110 Å². The maximum atomic E-state index is 10.5. The highest BCUT2D eigenvalue weighted by Crippen LogP contribution is 2.28. The standard InChI is InChI=1S/C9H11Cl2N3O.ClH/c10-6-3-1-2-5(8(6)11)7(12)4-14-9(13)15;/h1-3,7H,4,12H2,(H3,13,14,15);1H. The van der Waals surface area contributed by atoms with E-state index in [4.69, 9.17) is 34.7 Å². The summed E-state index contributed by atoms with van der Waals surface area (Å²) in [6.07, 6.45) is 0. The lowest BCUT2D eigenvalue weighted by Crippen LogP contribution is -2.35. The van der Waals surface area contributed by atoms with E-state index >= 15 is 0 Å². The Morgan fingerprint density at radius 3 is 2.62 bits per heavy atom. The molecular weight excluding hydrogens is 272 g/mol. The topological polar surface area (TPSA) is 81.1 Å². The molecule has 1 rings (SSSR count). The molecule has 16 heavy (non-hydrogen) atoms. The average Bonchev–Trinajstić information content (AvgIpc) is 2.18. The van der Waals surface area contributed by atoms with Gasteiger partial charge in [0.2, 0.25) is 0 Å². The van der Waals surface area contributed by atoms with Crippen molar-refractivity contribution in [3.63, 3.8) is 0 Å². The van der Waals surface area contributed by atoms with Gasteiger partial charge in [-0.25, -0.2) is 4.79 Å². The van der Waals surface area contributed by atoms with E-state index in [-0.39, 0.29) is 19.0 Å². The summed E-state index contributed by atoms with van der Waals surface area (Å²) in [4.78, 5) is 10.5. The van der Waals surface area contributed by atoms with E-state index in [1.165, 1.54) is 0 Å². The molecule has 0 saturated carbocycles. The van der Waals surface area contributed by atoms with Crippen molar-refractivity contribution in [3.05, 3.63) is 33.8 Å². The molecule has 0 aliphatic carbocycles. The van der Waals surface area contributed by atoms with E-state index in [0.29, 0.717) is 15.6 Å². The van der Waals surface area contributed by atoms with Crippen LogP contribution in [0.2, 0.25) is 10.0 Å². The Hall–Kier alpha value is -0.680. The van der Waals surface area contributed by atoms with Crippen molar-refractivity contribution in [2.45, 2.75) is 6.04 Å². The normalized spacial score (nSPS) is 11.4. The summed E-state index contributed by atoms with van der Waals surface area (Å²) in [5.74, 6) is 0. The molecule has 5 N–H and O–H groups in total. The summed E-state index contributed by atoms with van der Waals surface area (Å²) in [6, 6.07) is 4.11. The number of carbonyl (C=O) groups excluding carboxylic acids is 1. The maximum Gasteiger partial charge on any atom is 0.312 e. The molecular formula is C9H12Cl3N3O. The van der Waals surface area contributed by atoms with Crippen LogP contribution in [0.5, 0.6) is 0 Å². The highest BCUT2D eigenvalue weighted by atomic mass is 35.5. The third-order valence-corrected chi connectivity index (χ3v) is 2.71. The number of rotatable bonds is 3. The van der Waals surface area contributed by atoms with Gasteiger partial charge in [-0.2, -0.15) is 0 Å².